The van der Waals surface area contributed by atoms with Crippen molar-refractivity contribution in [3.8, 4) is 0 Å². The fourth-order valence-electron chi connectivity index (χ4n) is 1.04. The highest BCUT2D eigenvalue weighted by Gasteiger charge is 2.46. The minimum Gasteiger partial charge on any atom is -0.479 e. The van der Waals surface area contributed by atoms with Crippen molar-refractivity contribution in [3.63, 3.8) is 0 Å². The number of aliphatic hydroxyl groups is 2. The topological polar surface area (TPSA) is 96.2 Å². The van der Waals surface area contributed by atoms with E-state index >= 15 is 0 Å². The van der Waals surface area contributed by atoms with Gasteiger partial charge in [-0.1, -0.05) is 0 Å². The van der Waals surface area contributed by atoms with Crippen LogP contribution >= 0.6 is 0 Å². The number of aliphatic carboxylic acids is 1. The molecule has 4 atom stereocenters. The van der Waals surface area contributed by atoms with Crippen molar-refractivity contribution in [2.24, 2.45) is 0 Å². The van der Waals surface area contributed by atoms with Crippen LogP contribution < -0.4 is 0 Å². The summed E-state index contributed by atoms with van der Waals surface area (Å²) in [6, 6.07) is 0. The molecule has 0 aromatic heterocycles. The molecule has 12 heavy (non-hydrogen) atoms. The second-order valence-electron chi connectivity index (χ2n) is 2.48. The number of aliphatic hydroxyl groups excluding tert-OH is 2. The second kappa shape index (κ2) is 3.36. The Bertz CT molecular complexity index is 181. The Labute approximate surface area is 68.3 Å². The van der Waals surface area contributed by atoms with Gasteiger partial charge in [-0.2, -0.15) is 0 Å². The van der Waals surface area contributed by atoms with Crippen LogP contribution in [-0.2, 0) is 14.3 Å². The van der Waals surface area contributed by atoms with E-state index in [2.05, 4.69) is 9.47 Å². The zero-order valence-electron chi connectivity index (χ0n) is 6.38. The van der Waals surface area contributed by atoms with Crippen molar-refractivity contribution in [1.82, 2.24) is 0 Å². The highest BCUT2D eigenvalue weighted by atomic mass is 16.7. The Balaban J connectivity index is 2.66. The van der Waals surface area contributed by atoms with E-state index in [9.17, 15) is 4.79 Å². The minimum absolute atomic E-state index is 1.07. The number of carboxylic acid groups (broad SMARTS) is 1. The molecule has 0 aromatic carbocycles. The van der Waals surface area contributed by atoms with Gasteiger partial charge in [0.25, 0.3) is 0 Å². The first-order valence-corrected chi connectivity index (χ1v) is 3.35. The van der Waals surface area contributed by atoms with Crippen LogP contribution in [-0.4, -0.2) is 53.0 Å². The summed E-state index contributed by atoms with van der Waals surface area (Å²) >= 11 is 0. The summed E-state index contributed by atoms with van der Waals surface area (Å²) in [5.74, 6) is -1.32. The predicted molar refractivity (Wildman–Crippen MR) is 35.3 cm³/mol. The van der Waals surface area contributed by atoms with Crippen LogP contribution in [0.2, 0.25) is 0 Å². The third-order valence-electron chi connectivity index (χ3n) is 1.70. The lowest BCUT2D eigenvalue weighted by Crippen LogP contribution is -2.36. The number of rotatable bonds is 2. The van der Waals surface area contributed by atoms with Crippen molar-refractivity contribution in [3.05, 3.63) is 0 Å². The number of methoxy groups -OCH3 is 1. The Hall–Kier alpha value is -0.690. The average molecular weight is 178 g/mol. The molecule has 6 heteroatoms. The zero-order valence-corrected chi connectivity index (χ0v) is 6.38. The van der Waals surface area contributed by atoms with Gasteiger partial charge in [0.05, 0.1) is 0 Å². The molecule has 1 rings (SSSR count). The second-order valence-corrected chi connectivity index (χ2v) is 2.48. The van der Waals surface area contributed by atoms with Crippen LogP contribution in [0.5, 0.6) is 0 Å². The molecule has 1 heterocycles. The van der Waals surface area contributed by atoms with Crippen molar-refractivity contribution in [2.45, 2.75) is 24.6 Å². The van der Waals surface area contributed by atoms with E-state index in [1.165, 1.54) is 7.11 Å². The third kappa shape index (κ3) is 1.42. The predicted octanol–water partition coefficient (Wildman–Crippen LogP) is -1.84. The van der Waals surface area contributed by atoms with Gasteiger partial charge >= 0.3 is 5.97 Å². The molecule has 0 spiro atoms. The standard InChI is InChI=1S/C6H10O6/c1-11-6-3(8)2(7)4(12-6)5(9)10/h2-4,6-8H,1H3,(H,9,10)/t2-,3-,4-,6+/m0/s1. The van der Waals surface area contributed by atoms with Gasteiger partial charge < -0.3 is 24.8 Å². The first-order valence-electron chi connectivity index (χ1n) is 3.35. The number of carboxylic acids is 1. The third-order valence-corrected chi connectivity index (χ3v) is 1.70. The van der Waals surface area contributed by atoms with Gasteiger partial charge in [0.2, 0.25) is 0 Å². The molecular weight excluding hydrogens is 168 g/mol. The SMILES string of the molecule is CO[C@@H]1O[C@H](C(=O)O)[C@@H](O)[C@@H]1O. The molecule has 70 valence electrons. The fraction of sp³-hybridized carbons (Fsp3) is 0.833. The van der Waals surface area contributed by atoms with Gasteiger partial charge in [-0.15, -0.1) is 0 Å². The number of hydrogen-bond acceptors (Lipinski definition) is 5. The molecule has 0 saturated carbocycles. The summed E-state index contributed by atoms with van der Waals surface area (Å²) in [7, 11) is 1.25. The summed E-state index contributed by atoms with van der Waals surface area (Å²) in [6.07, 6.45) is -5.23. The van der Waals surface area contributed by atoms with Crippen molar-refractivity contribution >= 4 is 5.97 Å². The van der Waals surface area contributed by atoms with Gasteiger partial charge in [-0.25, -0.2) is 4.79 Å². The molecule has 0 aliphatic carbocycles. The molecule has 0 amide bonds. The molecule has 0 radical (unpaired) electrons. The van der Waals surface area contributed by atoms with E-state index in [1.807, 2.05) is 0 Å². The van der Waals surface area contributed by atoms with E-state index in [1.54, 1.807) is 0 Å². The smallest absolute Gasteiger partial charge is 0.335 e. The summed E-state index contributed by atoms with van der Waals surface area (Å²) in [4.78, 5) is 10.4. The maximum absolute atomic E-state index is 10.4. The van der Waals surface area contributed by atoms with E-state index in [0.717, 1.165) is 0 Å². The van der Waals surface area contributed by atoms with Crippen molar-refractivity contribution in [1.29, 1.82) is 0 Å². The Kier molecular flexibility index (Phi) is 2.63. The molecule has 0 aromatic rings. The lowest BCUT2D eigenvalue weighted by atomic mass is 10.1. The van der Waals surface area contributed by atoms with Crippen LogP contribution in [0.4, 0.5) is 0 Å². The molecule has 0 bridgehead atoms. The maximum atomic E-state index is 10.4. The molecule has 1 fully saturated rings. The Morgan fingerprint density at radius 2 is 2.00 bits per heavy atom. The summed E-state index contributed by atoms with van der Waals surface area (Å²) in [6.45, 7) is 0. The van der Waals surface area contributed by atoms with Gasteiger partial charge in [0.1, 0.15) is 12.2 Å². The Morgan fingerprint density at radius 3 is 2.25 bits per heavy atom. The summed E-state index contributed by atoms with van der Waals surface area (Å²) < 4.78 is 9.25. The maximum Gasteiger partial charge on any atom is 0.335 e. The lowest BCUT2D eigenvalue weighted by Gasteiger charge is -2.11. The van der Waals surface area contributed by atoms with Crippen molar-refractivity contribution < 1.29 is 29.6 Å². The van der Waals surface area contributed by atoms with Gasteiger partial charge in [0.15, 0.2) is 12.4 Å². The molecule has 1 aliphatic rings. The molecule has 1 saturated heterocycles. The Morgan fingerprint density at radius 1 is 1.42 bits per heavy atom. The summed E-state index contributed by atoms with van der Waals surface area (Å²) in [5, 5.41) is 26.7. The highest BCUT2D eigenvalue weighted by Crippen LogP contribution is 2.21. The first-order chi connectivity index (χ1) is 5.57. The van der Waals surface area contributed by atoms with Gasteiger partial charge in [-0.3, -0.25) is 0 Å². The van der Waals surface area contributed by atoms with E-state index in [4.69, 9.17) is 15.3 Å². The average Bonchev–Trinajstić information content (AvgIpc) is 2.30. The number of hydrogen-bond donors (Lipinski definition) is 3. The van der Waals surface area contributed by atoms with Crippen LogP contribution in [0.15, 0.2) is 0 Å². The molecule has 6 nitrogen and oxygen atoms in total. The number of ether oxygens (including phenoxy) is 2. The lowest BCUT2D eigenvalue weighted by molar-refractivity contribution is -0.172. The monoisotopic (exact) mass is 178 g/mol. The molecule has 1 aliphatic heterocycles. The van der Waals surface area contributed by atoms with E-state index in [-0.39, 0.29) is 0 Å². The van der Waals surface area contributed by atoms with E-state index < -0.39 is 30.6 Å². The minimum atomic E-state index is -1.44. The van der Waals surface area contributed by atoms with Crippen LogP contribution in [0.25, 0.3) is 0 Å². The molecule has 0 unspecified atom stereocenters. The quantitative estimate of drug-likeness (QED) is 0.460. The van der Waals surface area contributed by atoms with E-state index in [0.29, 0.717) is 0 Å². The van der Waals surface area contributed by atoms with Crippen LogP contribution in [0.1, 0.15) is 0 Å². The van der Waals surface area contributed by atoms with Crippen LogP contribution in [0.3, 0.4) is 0 Å². The van der Waals surface area contributed by atoms with Crippen molar-refractivity contribution in [2.75, 3.05) is 7.11 Å². The van der Waals surface area contributed by atoms with Crippen LogP contribution in [0, 0.1) is 0 Å². The fourth-order valence-corrected chi connectivity index (χ4v) is 1.04. The zero-order chi connectivity index (χ0) is 9.30. The van der Waals surface area contributed by atoms with Gasteiger partial charge in [0, 0.05) is 7.11 Å². The normalized spacial score (nSPS) is 41.6. The largest absolute Gasteiger partial charge is 0.479 e. The summed E-state index contributed by atoms with van der Waals surface area (Å²) in [5.41, 5.74) is 0. The molecule has 3 N–H and O–H groups in total. The molecular formula is C6H10O6. The first kappa shape index (κ1) is 9.40. The number of carbonyl (C=O) groups is 1. The highest BCUT2D eigenvalue weighted by molar-refractivity contribution is 5.73. The van der Waals surface area contributed by atoms with Gasteiger partial charge in [-0.05, 0) is 0 Å².